The summed E-state index contributed by atoms with van der Waals surface area (Å²) in [5.74, 6) is -0.0502. The van der Waals surface area contributed by atoms with Crippen molar-refractivity contribution in [1.82, 2.24) is 5.32 Å². The number of nitrogens with one attached hydrogen (secondary N) is 2. The van der Waals surface area contributed by atoms with Crippen LogP contribution in [0, 0.1) is 0 Å². The summed E-state index contributed by atoms with van der Waals surface area (Å²) >= 11 is 1.48. The van der Waals surface area contributed by atoms with E-state index >= 15 is 0 Å². The topological polar surface area (TPSA) is 67.4 Å². The molecule has 0 saturated carbocycles. The highest BCUT2D eigenvalue weighted by molar-refractivity contribution is 7.10. The number of carbonyl (C=O) groups excluding carboxylic acids is 2. The normalized spacial score (nSPS) is 11.7. The van der Waals surface area contributed by atoms with Crippen LogP contribution in [0.3, 0.4) is 0 Å². The Morgan fingerprint density at radius 1 is 0.968 bits per heavy atom. The molecule has 0 aliphatic rings. The Labute approximate surface area is 186 Å². The molecule has 0 spiro atoms. The molecule has 3 rings (SSSR count). The Bertz CT molecular complexity index is 1060. The third-order valence-electron chi connectivity index (χ3n) is 4.68. The molecule has 0 unspecified atom stereocenters. The van der Waals surface area contributed by atoms with Gasteiger partial charge < -0.3 is 15.4 Å². The maximum atomic E-state index is 12.9. The van der Waals surface area contributed by atoms with Gasteiger partial charge in [0.05, 0.1) is 7.11 Å². The lowest BCUT2D eigenvalue weighted by molar-refractivity contribution is -0.113. The second-order valence-corrected chi connectivity index (χ2v) is 9.02. The number of thiophene rings is 1. The zero-order valence-electron chi connectivity index (χ0n) is 18.1. The van der Waals surface area contributed by atoms with Gasteiger partial charge in [-0.2, -0.15) is 0 Å². The van der Waals surface area contributed by atoms with Crippen molar-refractivity contribution >= 4 is 34.9 Å². The Balaban J connectivity index is 1.80. The monoisotopic (exact) mass is 434 g/mol. The molecule has 31 heavy (non-hydrogen) atoms. The van der Waals surface area contributed by atoms with E-state index in [4.69, 9.17) is 4.74 Å². The zero-order chi connectivity index (χ0) is 22.4. The number of ether oxygens (including phenoxy) is 1. The number of hydrogen-bond donors (Lipinski definition) is 2. The second kappa shape index (κ2) is 9.62. The standard InChI is InChI=1S/C25H26N2O3S/c1-25(2,3)18-9-7-17(8-10-18)23(28)27-22(16-21-6-5-15-31-21)24(29)26-19-11-13-20(30-4)14-12-19/h5-16H,1-4H3,(H,26,29)(H,27,28). The van der Waals surface area contributed by atoms with Gasteiger partial charge in [-0.3, -0.25) is 9.59 Å². The van der Waals surface area contributed by atoms with Gasteiger partial charge in [-0.1, -0.05) is 39.0 Å². The molecular weight excluding hydrogens is 408 g/mol. The maximum Gasteiger partial charge on any atom is 0.272 e. The summed E-state index contributed by atoms with van der Waals surface area (Å²) < 4.78 is 5.14. The molecule has 2 N–H and O–H groups in total. The van der Waals surface area contributed by atoms with Gasteiger partial charge in [0.2, 0.25) is 0 Å². The Morgan fingerprint density at radius 3 is 2.19 bits per heavy atom. The first-order valence-electron chi connectivity index (χ1n) is 9.89. The first-order valence-corrected chi connectivity index (χ1v) is 10.8. The molecule has 1 aromatic heterocycles. The Morgan fingerprint density at radius 2 is 1.65 bits per heavy atom. The van der Waals surface area contributed by atoms with Gasteiger partial charge in [-0.15, -0.1) is 11.3 Å². The average molecular weight is 435 g/mol. The summed E-state index contributed by atoms with van der Waals surface area (Å²) in [4.78, 5) is 26.6. The van der Waals surface area contributed by atoms with Gasteiger partial charge in [-0.25, -0.2) is 0 Å². The molecule has 6 heteroatoms. The van der Waals surface area contributed by atoms with Crippen molar-refractivity contribution in [1.29, 1.82) is 0 Å². The van der Waals surface area contributed by atoms with Crippen molar-refractivity contribution in [3.05, 3.63) is 87.7 Å². The van der Waals surface area contributed by atoms with Gasteiger partial charge in [0, 0.05) is 16.1 Å². The van der Waals surface area contributed by atoms with Crippen LogP contribution in [0.1, 0.15) is 41.6 Å². The minimum atomic E-state index is -0.404. The summed E-state index contributed by atoms with van der Waals surface area (Å²) in [7, 11) is 1.58. The van der Waals surface area contributed by atoms with Gasteiger partial charge in [-0.05, 0) is 64.9 Å². The third-order valence-corrected chi connectivity index (χ3v) is 5.50. The molecule has 0 radical (unpaired) electrons. The van der Waals surface area contributed by atoms with Crippen LogP contribution >= 0.6 is 11.3 Å². The van der Waals surface area contributed by atoms with E-state index in [1.807, 2.05) is 29.6 Å². The summed E-state index contributed by atoms with van der Waals surface area (Å²) in [5, 5.41) is 7.50. The van der Waals surface area contributed by atoms with E-state index in [2.05, 4.69) is 31.4 Å². The van der Waals surface area contributed by atoms with E-state index in [1.165, 1.54) is 11.3 Å². The predicted octanol–water partition coefficient (Wildman–Crippen LogP) is 5.46. The minimum absolute atomic E-state index is 0.00249. The second-order valence-electron chi connectivity index (χ2n) is 8.04. The zero-order valence-corrected chi connectivity index (χ0v) is 18.9. The van der Waals surface area contributed by atoms with Crippen LogP contribution in [0.4, 0.5) is 5.69 Å². The van der Waals surface area contributed by atoms with Crippen molar-refractivity contribution in [2.24, 2.45) is 0 Å². The lowest BCUT2D eigenvalue weighted by Crippen LogP contribution is -2.30. The SMILES string of the molecule is COc1ccc(NC(=O)C(=Cc2cccs2)NC(=O)c2ccc(C(C)(C)C)cc2)cc1. The third kappa shape index (κ3) is 6.06. The molecule has 160 valence electrons. The number of anilines is 1. The summed E-state index contributed by atoms with van der Waals surface area (Å²) in [6.45, 7) is 6.36. The Kier molecular flexibility index (Phi) is 6.92. The van der Waals surface area contributed by atoms with E-state index in [9.17, 15) is 9.59 Å². The molecule has 0 bridgehead atoms. The summed E-state index contributed by atoms with van der Waals surface area (Å²) in [6.07, 6.45) is 1.67. The lowest BCUT2D eigenvalue weighted by atomic mass is 9.87. The molecular formula is C25H26N2O3S. The van der Waals surface area contributed by atoms with Crippen LogP contribution in [0.2, 0.25) is 0 Å². The molecule has 0 fully saturated rings. The molecule has 0 atom stereocenters. The van der Waals surface area contributed by atoms with Crippen LogP contribution in [0.25, 0.3) is 6.08 Å². The van der Waals surface area contributed by atoms with Gasteiger partial charge in [0.15, 0.2) is 0 Å². The highest BCUT2D eigenvalue weighted by Crippen LogP contribution is 2.22. The molecule has 1 heterocycles. The molecule has 0 aliphatic carbocycles. The lowest BCUT2D eigenvalue weighted by Gasteiger charge is -2.19. The van der Waals surface area contributed by atoms with E-state index in [0.29, 0.717) is 17.0 Å². The number of amides is 2. The number of rotatable bonds is 6. The number of carbonyl (C=O) groups is 2. The van der Waals surface area contributed by atoms with Crippen molar-refractivity contribution in [2.75, 3.05) is 12.4 Å². The van der Waals surface area contributed by atoms with E-state index in [-0.39, 0.29) is 17.0 Å². The van der Waals surface area contributed by atoms with Gasteiger partial charge >= 0.3 is 0 Å². The first kappa shape index (κ1) is 22.3. The molecule has 5 nitrogen and oxygen atoms in total. The number of methoxy groups -OCH3 is 1. The van der Waals surface area contributed by atoms with Crippen LogP contribution in [0.15, 0.2) is 71.7 Å². The smallest absolute Gasteiger partial charge is 0.272 e. The minimum Gasteiger partial charge on any atom is -0.497 e. The molecule has 2 aromatic carbocycles. The van der Waals surface area contributed by atoms with Gasteiger partial charge in [0.1, 0.15) is 11.4 Å². The van der Waals surface area contributed by atoms with Crippen molar-refractivity contribution < 1.29 is 14.3 Å². The summed E-state index contributed by atoms with van der Waals surface area (Å²) in [5.41, 5.74) is 2.39. The number of hydrogen-bond acceptors (Lipinski definition) is 4. The van der Waals surface area contributed by atoms with E-state index in [1.54, 1.807) is 49.6 Å². The van der Waals surface area contributed by atoms with Crippen molar-refractivity contribution in [3.63, 3.8) is 0 Å². The van der Waals surface area contributed by atoms with Crippen LogP contribution in [-0.4, -0.2) is 18.9 Å². The molecule has 2 amide bonds. The van der Waals surface area contributed by atoms with E-state index < -0.39 is 5.91 Å². The highest BCUT2D eigenvalue weighted by Gasteiger charge is 2.17. The van der Waals surface area contributed by atoms with Crippen molar-refractivity contribution in [2.45, 2.75) is 26.2 Å². The quantitative estimate of drug-likeness (QED) is 0.506. The fourth-order valence-corrected chi connectivity index (χ4v) is 3.52. The fraction of sp³-hybridized carbons (Fsp3) is 0.200. The fourth-order valence-electron chi connectivity index (χ4n) is 2.86. The Hall–Kier alpha value is -3.38. The molecule has 3 aromatic rings. The van der Waals surface area contributed by atoms with Crippen molar-refractivity contribution in [3.8, 4) is 5.75 Å². The van der Waals surface area contributed by atoms with Crippen LogP contribution in [0.5, 0.6) is 5.75 Å². The van der Waals surface area contributed by atoms with Crippen LogP contribution in [-0.2, 0) is 10.2 Å². The van der Waals surface area contributed by atoms with Crippen LogP contribution < -0.4 is 15.4 Å². The first-order chi connectivity index (χ1) is 14.8. The van der Waals surface area contributed by atoms with E-state index in [0.717, 1.165) is 10.4 Å². The van der Waals surface area contributed by atoms with Gasteiger partial charge in [0.25, 0.3) is 11.8 Å². The summed E-state index contributed by atoms with van der Waals surface area (Å²) in [6, 6.07) is 18.2. The maximum absolute atomic E-state index is 12.9. The average Bonchev–Trinajstić information content (AvgIpc) is 3.26. The predicted molar refractivity (Wildman–Crippen MR) is 127 cm³/mol. The number of benzene rings is 2. The highest BCUT2D eigenvalue weighted by atomic mass is 32.1. The molecule has 0 aliphatic heterocycles. The largest absolute Gasteiger partial charge is 0.497 e. The molecule has 0 saturated heterocycles.